The number of rotatable bonds is 6. The average molecular weight is 463 g/mol. The Hall–Kier alpha value is -1.16. The lowest BCUT2D eigenvalue weighted by Gasteiger charge is -2.17. The third-order valence-electron chi connectivity index (χ3n) is 4.61. The van der Waals surface area contributed by atoms with Gasteiger partial charge >= 0.3 is 0 Å². The zero-order valence-corrected chi connectivity index (χ0v) is 18.2. The van der Waals surface area contributed by atoms with Crippen LogP contribution in [0.25, 0.3) is 0 Å². The Kier molecular flexibility index (Phi) is 6.38. The summed E-state index contributed by atoms with van der Waals surface area (Å²) in [5, 5.41) is 0.719. The Morgan fingerprint density at radius 3 is 2.04 bits per heavy atom. The molecule has 1 atom stereocenters. The number of benzene rings is 2. The highest BCUT2D eigenvalue weighted by molar-refractivity contribution is 7.89. The second-order valence-corrected chi connectivity index (χ2v) is 11.1. The Bertz CT molecular complexity index is 1070. The standard InChI is InChI=1S/C18H20Cl2N2O4S2/c1-13(14-4-9-17(19)18(20)12-14)21-27(23,24)15-5-7-16(8-6-15)28(25,26)22-10-2-3-11-22/h4-9,12-13,21H,2-3,10-11H2,1H3. The van der Waals surface area contributed by atoms with Crippen molar-refractivity contribution in [2.45, 2.75) is 35.6 Å². The molecule has 1 N–H and O–H groups in total. The van der Waals surface area contributed by atoms with Gasteiger partial charge in [0.05, 0.1) is 19.8 Å². The van der Waals surface area contributed by atoms with Crippen LogP contribution in [0.3, 0.4) is 0 Å². The van der Waals surface area contributed by atoms with E-state index in [4.69, 9.17) is 23.2 Å². The lowest BCUT2D eigenvalue weighted by Crippen LogP contribution is -2.28. The van der Waals surface area contributed by atoms with Gasteiger partial charge < -0.3 is 0 Å². The summed E-state index contributed by atoms with van der Waals surface area (Å²) in [5.74, 6) is 0. The maximum absolute atomic E-state index is 12.7. The highest BCUT2D eigenvalue weighted by Crippen LogP contribution is 2.27. The van der Waals surface area contributed by atoms with Gasteiger partial charge in [-0.1, -0.05) is 29.3 Å². The molecule has 1 saturated heterocycles. The van der Waals surface area contributed by atoms with Crippen LogP contribution in [0.5, 0.6) is 0 Å². The van der Waals surface area contributed by atoms with Gasteiger partial charge in [0.2, 0.25) is 20.0 Å². The van der Waals surface area contributed by atoms with E-state index in [1.165, 1.54) is 28.6 Å². The van der Waals surface area contributed by atoms with Crippen molar-refractivity contribution in [3.8, 4) is 0 Å². The average Bonchev–Trinajstić information content (AvgIpc) is 3.19. The molecule has 1 heterocycles. The van der Waals surface area contributed by atoms with Crippen LogP contribution in [-0.4, -0.2) is 34.2 Å². The van der Waals surface area contributed by atoms with E-state index < -0.39 is 26.1 Å². The first kappa shape index (κ1) is 21.5. The largest absolute Gasteiger partial charge is 0.243 e. The minimum absolute atomic E-state index is 0.0141. The van der Waals surface area contributed by atoms with Gasteiger partial charge in [0.1, 0.15) is 0 Å². The second kappa shape index (κ2) is 8.30. The Labute approximate surface area is 175 Å². The van der Waals surface area contributed by atoms with Crippen LogP contribution in [0, 0.1) is 0 Å². The molecule has 1 aliphatic heterocycles. The van der Waals surface area contributed by atoms with Gasteiger partial charge in [-0.3, -0.25) is 0 Å². The highest BCUT2D eigenvalue weighted by atomic mass is 35.5. The first-order valence-electron chi connectivity index (χ1n) is 8.69. The molecule has 2 aromatic carbocycles. The molecule has 28 heavy (non-hydrogen) atoms. The smallest absolute Gasteiger partial charge is 0.207 e. The molecular formula is C18H20Cl2N2O4S2. The predicted molar refractivity (Wildman–Crippen MR) is 110 cm³/mol. The molecule has 3 rings (SSSR count). The van der Waals surface area contributed by atoms with Gasteiger partial charge in [0.15, 0.2) is 0 Å². The number of hydrogen-bond donors (Lipinski definition) is 1. The maximum atomic E-state index is 12.7. The first-order chi connectivity index (χ1) is 13.1. The van der Waals surface area contributed by atoms with Crippen LogP contribution in [0.4, 0.5) is 0 Å². The lowest BCUT2D eigenvalue weighted by atomic mass is 10.1. The fraction of sp³-hybridized carbons (Fsp3) is 0.333. The van der Waals surface area contributed by atoms with E-state index in [0.29, 0.717) is 28.7 Å². The number of sulfonamides is 2. The molecule has 0 radical (unpaired) electrons. The molecule has 6 nitrogen and oxygen atoms in total. The number of nitrogens with zero attached hydrogens (tertiary/aromatic N) is 1. The minimum Gasteiger partial charge on any atom is -0.207 e. The van der Waals surface area contributed by atoms with Crippen LogP contribution < -0.4 is 4.72 Å². The van der Waals surface area contributed by atoms with Crippen molar-refractivity contribution in [3.63, 3.8) is 0 Å². The van der Waals surface area contributed by atoms with E-state index in [-0.39, 0.29) is 9.79 Å². The highest BCUT2D eigenvalue weighted by Gasteiger charge is 2.27. The Morgan fingerprint density at radius 1 is 0.893 bits per heavy atom. The van der Waals surface area contributed by atoms with E-state index >= 15 is 0 Å². The summed E-state index contributed by atoms with van der Waals surface area (Å²) in [6, 6.07) is 9.59. The van der Waals surface area contributed by atoms with Gasteiger partial charge in [-0.05, 0) is 61.7 Å². The molecule has 1 fully saturated rings. The fourth-order valence-corrected chi connectivity index (χ4v) is 6.07. The molecule has 0 aromatic heterocycles. The molecule has 152 valence electrons. The molecular weight excluding hydrogens is 443 g/mol. The molecule has 1 aliphatic rings. The van der Waals surface area contributed by atoms with Gasteiger partial charge in [-0.2, -0.15) is 4.31 Å². The molecule has 2 aromatic rings. The van der Waals surface area contributed by atoms with E-state index in [2.05, 4.69) is 4.72 Å². The summed E-state index contributed by atoms with van der Waals surface area (Å²) in [6.45, 7) is 2.67. The van der Waals surface area contributed by atoms with E-state index in [0.717, 1.165) is 12.8 Å². The molecule has 1 unspecified atom stereocenters. The number of nitrogens with one attached hydrogen (secondary N) is 1. The van der Waals surface area contributed by atoms with Gasteiger partial charge in [-0.15, -0.1) is 0 Å². The summed E-state index contributed by atoms with van der Waals surface area (Å²) in [5.41, 5.74) is 0.659. The fourth-order valence-electron chi connectivity index (χ4n) is 3.02. The van der Waals surface area contributed by atoms with Crippen molar-refractivity contribution in [1.29, 1.82) is 0 Å². The molecule has 0 bridgehead atoms. The molecule has 0 spiro atoms. The van der Waals surface area contributed by atoms with Crippen LogP contribution in [0.2, 0.25) is 10.0 Å². The molecule has 0 saturated carbocycles. The van der Waals surface area contributed by atoms with E-state index in [1.54, 1.807) is 25.1 Å². The zero-order chi connectivity index (χ0) is 20.5. The monoisotopic (exact) mass is 462 g/mol. The van der Waals surface area contributed by atoms with Crippen molar-refractivity contribution < 1.29 is 16.8 Å². The minimum atomic E-state index is -3.85. The van der Waals surface area contributed by atoms with Crippen molar-refractivity contribution in [2.75, 3.05) is 13.1 Å². The predicted octanol–water partition coefficient (Wildman–Crippen LogP) is 3.82. The van der Waals surface area contributed by atoms with Crippen LogP contribution in [0.1, 0.15) is 31.4 Å². The van der Waals surface area contributed by atoms with Crippen LogP contribution >= 0.6 is 23.2 Å². The number of halogens is 2. The van der Waals surface area contributed by atoms with Crippen LogP contribution in [-0.2, 0) is 20.0 Å². The van der Waals surface area contributed by atoms with Gasteiger partial charge in [0.25, 0.3) is 0 Å². The second-order valence-electron chi connectivity index (χ2n) is 6.60. The molecule has 0 amide bonds. The number of hydrogen-bond acceptors (Lipinski definition) is 4. The summed E-state index contributed by atoms with van der Waals surface area (Å²) in [4.78, 5) is 0.0747. The van der Waals surface area contributed by atoms with Crippen molar-refractivity contribution >= 4 is 43.2 Å². The third-order valence-corrected chi connectivity index (χ3v) is 8.82. The maximum Gasteiger partial charge on any atom is 0.243 e. The van der Waals surface area contributed by atoms with Crippen LogP contribution in [0.15, 0.2) is 52.3 Å². The van der Waals surface area contributed by atoms with E-state index in [1.807, 2.05) is 0 Å². The first-order valence-corrected chi connectivity index (χ1v) is 12.4. The lowest BCUT2D eigenvalue weighted by molar-refractivity contribution is 0.477. The summed E-state index contributed by atoms with van der Waals surface area (Å²) >= 11 is 11.9. The summed E-state index contributed by atoms with van der Waals surface area (Å²) in [6.07, 6.45) is 1.67. The Morgan fingerprint density at radius 2 is 1.46 bits per heavy atom. The van der Waals surface area contributed by atoms with Crippen molar-refractivity contribution in [3.05, 3.63) is 58.1 Å². The summed E-state index contributed by atoms with van der Waals surface area (Å²) in [7, 11) is -7.43. The SMILES string of the molecule is CC(NS(=O)(=O)c1ccc(S(=O)(=O)N2CCCC2)cc1)c1ccc(Cl)c(Cl)c1. The topological polar surface area (TPSA) is 83.5 Å². The van der Waals surface area contributed by atoms with Crippen molar-refractivity contribution in [2.24, 2.45) is 0 Å². The Balaban J connectivity index is 1.79. The summed E-state index contributed by atoms with van der Waals surface area (Å²) < 4.78 is 54.4. The normalized spacial score (nSPS) is 17.0. The van der Waals surface area contributed by atoms with Gasteiger partial charge in [0, 0.05) is 19.1 Å². The van der Waals surface area contributed by atoms with Crippen molar-refractivity contribution in [1.82, 2.24) is 9.03 Å². The molecule has 10 heteroatoms. The molecule has 0 aliphatic carbocycles. The van der Waals surface area contributed by atoms with Gasteiger partial charge in [-0.25, -0.2) is 21.6 Å². The zero-order valence-electron chi connectivity index (χ0n) is 15.1. The quantitative estimate of drug-likeness (QED) is 0.706. The third kappa shape index (κ3) is 4.53. The van der Waals surface area contributed by atoms with E-state index in [9.17, 15) is 16.8 Å².